The van der Waals surface area contributed by atoms with Crippen molar-refractivity contribution in [1.82, 2.24) is 0 Å². The van der Waals surface area contributed by atoms with Gasteiger partial charge in [0, 0.05) is 40.6 Å². The zero-order chi connectivity index (χ0) is 25.6. The molecule has 2 aromatic rings. The standard InChI is InChI=1S/C24H30O11/c1-27-12-32-17-10-19(26)23(20(11-17)33-13-28-2)18(25)7-6-16-8-21(31-5)24(35-15-30-4)22(9-16)34-14-29-3/h6-11,26H,12-15H2,1-5H3/b7-6+. The van der Waals surface area contributed by atoms with Crippen molar-refractivity contribution < 1.29 is 52.5 Å². The fourth-order valence-corrected chi connectivity index (χ4v) is 2.86. The van der Waals surface area contributed by atoms with E-state index in [1.807, 2.05) is 0 Å². The summed E-state index contributed by atoms with van der Waals surface area (Å²) in [6.45, 7) is -0.252. The third-order valence-corrected chi connectivity index (χ3v) is 4.32. The predicted molar refractivity (Wildman–Crippen MR) is 124 cm³/mol. The number of hydrogen-bond donors (Lipinski definition) is 1. The zero-order valence-electron chi connectivity index (χ0n) is 20.3. The molecule has 0 aliphatic carbocycles. The van der Waals surface area contributed by atoms with E-state index in [0.29, 0.717) is 22.8 Å². The minimum absolute atomic E-state index is 0.0268. The molecule has 0 aliphatic heterocycles. The normalized spacial score (nSPS) is 10.9. The minimum Gasteiger partial charge on any atom is -0.507 e. The van der Waals surface area contributed by atoms with Crippen molar-refractivity contribution in [2.45, 2.75) is 0 Å². The molecule has 0 fully saturated rings. The summed E-state index contributed by atoms with van der Waals surface area (Å²) in [4.78, 5) is 13.0. The average Bonchev–Trinajstić information content (AvgIpc) is 2.86. The molecule has 0 saturated carbocycles. The van der Waals surface area contributed by atoms with E-state index in [4.69, 9.17) is 42.6 Å². The summed E-state index contributed by atoms with van der Waals surface area (Å²) in [5, 5.41) is 10.5. The molecule has 0 atom stereocenters. The van der Waals surface area contributed by atoms with Crippen LogP contribution in [-0.2, 0) is 18.9 Å². The Bertz CT molecular complexity index is 988. The fourth-order valence-electron chi connectivity index (χ4n) is 2.86. The minimum atomic E-state index is -0.523. The number of methoxy groups -OCH3 is 5. The van der Waals surface area contributed by atoms with Crippen molar-refractivity contribution in [3.05, 3.63) is 41.5 Å². The quantitative estimate of drug-likeness (QED) is 0.210. The Morgan fingerprint density at radius 1 is 0.743 bits per heavy atom. The van der Waals surface area contributed by atoms with Gasteiger partial charge >= 0.3 is 0 Å². The van der Waals surface area contributed by atoms with Gasteiger partial charge in [0.05, 0.1) is 7.11 Å². The molecule has 0 radical (unpaired) electrons. The highest BCUT2D eigenvalue weighted by Crippen LogP contribution is 2.39. The number of benzene rings is 2. The van der Waals surface area contributed by atoms with Crippen LogP contribution in [0.5, 0.6) is 34.5 Å². The Morgan fingerprint density at radius 3 is 1.94 bits per heavy atom. The van der Waals surface area contributed by atoms with Crippen LogP contribution >= 0.6 is 0 Å². The summed E-state index contributed by atoms with van der Waals surface area (Å²) < 4.78 is 47.1. The van der Waals surface area contributed by atoms with E-state index in [2.05, 4.69) is 0 Å². The zero-order valence-corrected chi connectivity index (χ0v) is 20.3. The van der Waals surface area contributed by atoms with Gasteiger partial charge in [-0.15, -0.1) is 0 Å². The highest BCUT2D eigenvalue weighted by molar-refractivity contribution is 6.10. The lowest BCUT2D eigenvalue weighted by atomic mass is 10.1. The molecular formula is C24H30O11. The van der Waals surface area contributed by atoms with E-state index < -0.39 is 5.78 Å². The van der Waals surface area contributed by atoms with Gasteiger partial charge in [0.25, 0.3) is 0 Å². The van der Waals surface area contributed by atoms with Crippen LogP contribution in [0.2, 0.25) is 0 Å². The summed E-state index contributed by atoms with van der Waals surface area (Å²) in [5.41, 5.74) is 0.496. The molecule has 0 aliphatic rings. The maximum Gasteiger partial charge on any atom is 0.206 e. The summed E-state index contributed by atoms with van der Waals surface area (Å²) >= 11 is 0. The molecule has 0 spiro atoms. The first-order chi connectivity index (χ1) is 17.0. The van der Waals surface area contributed by atoms with E-state index in [1.54, 1.807) is 12.1 Å². The number of carbonyl (C=O) groups excluding carboxylic acids is 1. The number of hydrogen-bond acceptors (Lipinski definition) is 11. The number of aromatic hydroxyl groups is 1. The molecule has 2 rings (SSSR count). The predicted octanol–water partition coefficient (Wildman–Crippen LogP) is 3.23. The van der Waals surface area contributed by atoms with Gasteiger partial charge in [0.2, 0.25) is 5.75 Å². The Labute approximate surface area is 203 Å². The first-order valence-corrected chi connectivity index (χ1v) is 10.3. The second-order valence-electron chi connectivity index (χ2n) is 6.77. The van der Waals surface area contributed by atoms with Crippen molar-refractivity contribution in [2.24, 2.45) is 0 Å². The smallest absolute Gasteiger partial charge is 0.206 e. The number of ether oxygens (including phenoxy) is 9. The molecule has 192 valence electrons. The van der Waals surface area contributed by atoms with Gasteiger partial charge in [0.1, 0.15) is 22.8 Å². The van der Waals surface area contributed by atoms with Crippen LogP contribution in [0.15, 0.2) is 30.3 Å². The molecular weight excluding hydrogens is 464 g/mol. The van der Waals surface area contributed by atoms with Crippen molar-refractivity contribution in [2.75, 3.05) is 62.7 Å². The maximum absolute atomic E-state index is 13.0. The van der Waals surface area contributed by atoms with Crippen LogP contribution in [0, 0.1) is 0 Å². The van der Waals surface area contributed by atoms with E-state index in [1.165, 1.54) is 59.8 Å². The van der Waals surface area contributed by atoms with Gasteiger partial charge < -0.3 is 47.7 Å². The number of rotatable bonds is 16. The molecule has 0 unspecified atom stereocenters. The van der Waals surface area contributed by atoms with Crippen molar-refractivity contribution >= 4 is 11.9 Å². The highest BCUT2D eigenvalue weighted by Gasteiger charge is 2.19. The summed E-state index contributed by atoms with van der Waals surface area (Å²) in [5.74, 6) is 0.477. The number of phenols is 1. The largest absolute Gasteiger partial charge is 0.507 e. The monoisotopic (exact) mass is 494 g/mol. The van der Waals surface area contributed by atoms with Crippen LogP contribution < -0.4 is 23.7 Å². The third kappa shape index (κ3) is 8.04. The third-order valence-electron chi connectivity index (χ3n) is 4.32. The highest BCUT2D eigenvalue weighted by atomic mass is 16.7. The molecule has 1 N–H and O–H groups in total. The number of ketones is 1. The number of phenolic OH excluding ortho intramolecular Hbond substituents is 1. The Balaban J connectivity index is 2.40. The van der Waals surface area contributed by atoms with Gasteiger partial charge in [-0.25, -0.2) is 0 Å². The van der Waals surface area contributed by atoms with E-state index in [-0.39, 0.29) is 50.0 Å². The van der Waals surface area contributed by atoms with Crippen LogP contribution in [0.4, 0.5) is 0 Å². The van der Waals surface area contributed by atoms with E-state index >= 15 is 0 Å². The second-order valence-corrected chi connectivity index (χ2v) is 6.77. The van der Waals surface area contributed by atoms with Gasteiger partial charge in [-0.3, -0.25) is 4.79 Å². The molecule has 0 aromatic heterocycles. The van der Waals surface area contributed by atoms with Gasteiger partial charge in [-0.1, -0.05) is 6.08 Å². The topological polar surface area (TPSA) is 120 Å². The molecule has 0 bridgehead atoms. The van der Waals surface area contributed by atoms with Crippen LogP contribution in [0.3, 0.4) is 0 Å². The molecule has 11 heteroatoms. The van der Waals surface area contributed by atoms with Crippen LogP contribution in [0.1, 0.15) is 15.9 Å². The van der Waals surface area contributed by atoms with Crippen LogP contribution in [-0.4, -0.2) is 73.6 Å². The molecule has 0 amide bonds. The second kappa shape index (κ2) is 14.7. The number of allylic oxidation sites excluding steroid dienone is 1. The average molecular weight is 494 g/mol. The molecule has 2 aromatic carbocycles. The van der Waals surface area contributed by atoms with Gasteiger partial charge in [0.15, 0.2) is 44.5 Å². The van der Waals surface area contributed by atoms with E-state index in [0.717, 1.165) is 0 Å². The lowest BCUT2D eigenvalue weighted by Gasteiger charge is -2.16. The van der Waals surface area contributed by atoms with Crippen LogP contribution in [0.25, 0.3) is 6.08 Å². The fraction of sp³-hybridized carbons (Fsp3) is 0.375. The molecule has 11 nitrogen and oxygen atoms in total. The van der Waals surface area contributed by atoms with Crippen molar-refractivity contribution in [3.63, 3.8) is 0 Å². The van der Waals surface area contributed by atoms with Gasteiger partial charge in [-0.2, -0.15) is 0 Å². The number of carbonyl (C=O) groups is 1. The first-order valence-electron chi connectivity index (χ1n) is 10.3. The molecule has 0 heterocycles. The Hall–Kier alpha value is -3.51. The first kappa shape index (κ1) is 27.7. The van der Waals surface area contributed by atoms with Gasteiger partial charge in [-0.05, 0) is 23.8 Å². The van der Waals surface area contributed by atoms with Crippen molar-refractivity contribution in [3.8, 4) is 34.5 Å². The SMILES string of the molecule is COCOc1cc(O)c(C(=O)/C=C/c2cc(OC)c(OCOC)c(OCOC)c2)c(OCOC)c1. The lowest BCUT2D eigenvalue weighted by Crippen LogP contribution is -2.07. The summed E-state index contributed by atoms with van der Waals surface area (Å²) in [6.07, 6.45) is 2.80. The molecule has 0 saturated heterocycles. The van der Waals surface area contributed by atoms with E-state index in [9.17, 15) is 9.90 Å². The Kier molecular flexibility index (Phi) is 11.6. The lowest BCUT2D eigenvalue weighted by molar-refractivity contribution is 0.0307. The summed E-state index contributed by atoms with van der Waals surface area (Å²) in [6, 6.07) is 6.04. The van der Waals surface area contributed by atoms with Crippen molar-refractivity contribution in [1.29, 1.82) is 0 Å². The maximum atomic E-state index is 13.0. The summed E-state index contributed by atoms with van der Waals surface area (Å²) in [7, 11) is 7.33. The molecule has 35 heavy (non-hydrogen) atoms. The Morgan fingerprint density at radius 2 is 1.31 bits per heavy atom.